The molecule has 1 rings (SSSR count). The van der Waals surface area contributed by atoms with Crippen molar-refractivity contribution in [3.05, 3.63) is 15.3 Å². The number of aromatic nitrogens is 2. The van der Waals surface area contributed by atoms with Gasteiger partial charge in [0, 0.05) is 6.54 Å². The predicted molar refractivity (Wildman–Crippen MR) is 68.9 cm³/mol. The molecular formula is C9H13ClN4O2S. The van der Waals surface area contributed by atoms with Gasteiger partial charge in [-0.3, -0.25) is 10.1 Å². The van der Waals surface area contributed by atoms with Gasteiger partial charge in [-0.25, -0.2) is 4.98 Å². The van der Waals surface area contributed by atoms with Crippen molar-refractivity contribution in [3.63, 3.8) is 0 Å². The average Bonchev–Trinajstić information content (AvgIpc) is 2.28. The highest BCUT2D eigenvalue weighted by molar-refractivity contribution is 7.98. The Labute approximate surface area is 108 Å². The first kappa shape index (κ1) is 14.0. The molecule has 6 nitrogen and oxygen atoms in total. The lowest BCUT2D eigenvalue weighted by Gasteiger charge is -2.07. The summed E-state index contributed by atoms with van der Waals surface area (Å²) in [4.78, 5) is 18.2. The van der Waals surface area contributed by atoms with Crippen molar-refractivity contribution >= 4 is 34.9 Å². The van der Waals surface area contributed by atoms with Crippen molar-refractivity contribution in [1.82, 2.24) is 9.97 Å². The number of nitro groups is 1. The Bertz CT molecular complexity index is 416. The summed E-state index contributed by atoms with van der Waals surface area (Å²) in [6.45, 7) is 2.66. The van der Waals surface area contributed by atoms with Gasteiger partial charge in [-0.05, 0) is 12.7 Å². The van der Waals surface area contributed by atoms with Crippen LogP contribution in [0.2, 0.25) is 5.15 Å². The molecule has 1 aromatic rings. The Kier molecular flexibility index (Phi) is 5.43. The largest absolute Gasteiger partial charge is 0.364 e. The van der Waals surface area contributed by atoms with E-state index in [1.165, 1.54) is 11.8 Å². The summed E-state index contributed by atoms with van der Waals surface area (Å²) in [5.41, 5.74) is -0.263. The van der Waals surface area contributed by atoms with Crippen molar-refractivity contribution in [2.75, 3.05) is 18.1 Å². The lowest BCUT2D eigenvalue weighted by atomic mass is 10.3. The number of unbranched alkanes of at least 4 members (excludes halogenated alkanes) is 1. The van der Waals surface area contributed by atoms with Crippen LogP contribution in [0.4, 0.5) is 11.5 Å². The molecule has 0 radical (unpaired) electrons. The minimum absolute atomic E-state index is 0.131. The SMILES string of the molecule is CCCCNc1nc(SC)nc(Cl)c1[N+](=O)[O-]. The molecule has 0 fully saturated rings. The van der Waals surface area contributed by atoms with Crippen LogP contribution in [0.3, 0.4) is 0 Å². The van der Waals surface area contributed by atoms with E-state index in [0.717, 1.165) is 12.8 Å². The molecular weight excluding hydrogens is 264 g/mol. The summed E-state index contributed by atoms with van der Waals surface area (Å²) in [7, 11) is 0. The highest BCUT2D eigenvalue weighted by atomic mass is 35.5. The van der Waals surface area contributed by atoms with E-state index in [1.807, 2.05) is 6.92 Å². The second-order valence-electron chi connectivity index (χ2n) is 3.24. The maximum Gasteiger partial charge on any atom is 0.348 e. The zero-order chi connectivity index (χ0) is 12.8. The summed E-state index contributed by atoms with van der Waals surface area (Å²) >= 11 is 7.06. The standard InChI is InChI=1S/C9H13ClN4O2S/c1-3-4-5-11-8-6(14(15)16)7(10)12-9(13-8)17-2/h3-5H2,1-2H3,(H,11,12,13). The Morgan fingerprint density at radius 3 is 2.76 bits per heavy atom. The third kappa shape index (κ3) is 3.71. The van der Waals surface area contributed by atoms with Crippen LogP contribution in [0.1, 0.15) is 19.8 Å². The number of thioether (sulfide) groups is 1. The van der Waals surface area contributed by atoms with Crippen molar-refractivity contribution in [3.8, 4) is 0 Å². The molecule has 8 heteroatoms. The van der Waals surface area contributed by atoms with E-state index in [4.69, 9.17) is 11.6 Å². The highest BCUT2D eigenvalue weighted by Gasteiger charge is 2.23. The van der Waals surface area contributed by atoms with Crippen LogP contribution < -0.4 is 5.32 Å². The monoisotopic (exact) mass is 276 g/mol. The molecule has 0 unspecified atom stereocenters. The first-order chi connectivity index (χ1) is 8.10. The zero-order valence-corrected chi connectivity index (χ0v) is 11.1. The Morgan fingerprint density at radius 1 is 1.53 bits per heavy atom. The lowest BCUT2D eigenvalue weighted by molar-refractivity contribution is -0.384. The summed E-state index contributed by atoms with van der Waals surface area (Å²) in [6, 6.07) is 0. The molecule has 1 N–H and O–H groups in total. The van der Waals surface area contributed by atoms with Crippen LogP contribution in [-0.2, 0) is 0 Å². The van der Waals surface area contributed by atoms with Gasteiger partial charge in [-0.2, -0.15) is 4.98 Å². The first-order valence-electron chi connectivity index (χ1n) is 5.10. The van der Waals surface area contributed by atoms with E-state index < -0.39 is 4.92 Å². The van der Waals surface area contributed by atoms with E-state index in [0.29, 0.717) is 11.7 Å². The van der Waals surface area contributed by atoms with Gasteiger partial charge in [0.15, 0.2) is 5.16 Å². The minimum Gasteiger partial charge on any atom is -0.364 e. The number of anilines is 1. The topological polar surface area (TPSA) is 81.0 Å². The molecule has 0 aliphatic carbocycles. The number of rotatable bonds is 6. The maximum absolute atomic E-state index is 10.9. The Morgan fingerprint density at radius 2 is 2.24 bits per heavy atom. The van der Waals surface area contributed by atoms with Crippen molar-refractivity contribution in [2.24, 2.45) is 0 Å². The first-order valence-corrected chi connectivity index (χ1v) is 6.70. The van der Waals surface area contributed by atoms with E-state index in [1.54, 1.807) is 6.26 Å². The molecule has 17 heavy (non-hydrogen) atoms. The second-order valence-corrected chi connectivity index (χ2v) is 4.37. The zero-order valence-electron chi connectivity index (χ0n) is 9.57. The van der Waals surface area contributed by atoms with Crippen LogP contribution >= 0.6 is 23.4 Å². The molecule has 0 saturated carbocycles. The number of halogens is 1. The number of nitrogens with one attached hydrogen (secondary N) is 1. The van der Waals surface area contributed by atoms with Crippen LogP contribution in [0.5, 0.6) is 0 Å². The Balaban J connectivity index is 3.04. The predicted octanol–water partition coefficient (Wildman–Crippen LogP) is 2.97. The molecule has 0 aliphatic rings. The van der Waals surface area contributed by atoms with Gasteiger partial charge >= 0.3 is 5.69 Å². The van der Waals surface area contributed by atoms with Gasteiger partial charge < -0.3 is 5.32 Å². The molecule has 1 aromatic heterocycles. The van der Waals surface area contributed by atoms with Crippen molar-refractivity contribution < 1.29 is 4.92 Å². The van der Waals surface area contributed by atoms with Crippen LogP contribution in [-0.4, -0.2) is 27.7 Å². The van der Waals surface area contributed by atoms with Gasteiger partial charge in [0.1, 0.15) is 0 Å². The van der Waals surface area contributed by atoms with Crippen molar-refractivity contribution in [2.45, 2.75) is 24.9 Å². The Hall–Kier alpha value is -1.08. The molecule has 0 aliphatic heterocycles. The quantitative estimate of drug-likeness (QED) is 0.215. The van der Waals surface area contributed by atoms with Gasteiger partial charge in [0.05, 0.1) is 4.92 Å². The smallest absolute Gasteiger partial charge is 0.348 e. The summed E-state index contributed by atoms with van der Waals surface area (Å²) < 4.78 is 0. The van der Waals surface area contributed by atoms with E-state index >= 15 is 0 Å². The summed E-state index contributed by atoms with van der Waals surface area (Å²) in [5, 5.41) is 14.1. The van der Waals surface area contributed by atoms with Crippen molar-refractivity contribution in [1.29, 1.82) is 0 Å². The molecule has 1 heterocycles. The maximum atomic E-state index is 10.9. The summed E-state index contributed by atoms with van der Waals surface area (Å²) in [5.74, 6) is 0.188. The van der Waals surface area contributed by atoms with Crippen LogP contribution in [0.15, 0.2) is 5.16 Å². The molecule has 0 bridgehead atoms. The normalized spacial score (nSPS) is 10.3. The molecule has 94 valence electrons. The lowest BCUT2D eigenvalue weighted by Crippen LogP contribution is -2.08. The van der Waals surface area contributed by atoms with Gasteiger partial charge in [-0.1, -0.05) is 36.7 Å². The third-order valence-corrected chi connectivity index (χ3v) is 2.82. The van der Waals surface area contributed by atoms with Crippen LogP contribution in [0.25, 0.3) is 0 Å². The van der Waals surface area contributed by atoms with Gasteiger partial charge in [0.2, 0.25) is 11.0 Å². The number of nitrogens with zero attached hydrogens (tertiary/aromatic N) is 3. The van der Waals surface area contributed by atoms with E-state index in [9.17, 15) is 10.1 Å². The second kappa shape index (κ2) is 6.61. The highest BCUT2D eigenvalue weighted by Crippen LogP contribution is 2.31. The molecule has 0 spiro atoms. The third-order valence-electron chi connectivity index (χ3n) is 2.01. The minimum atomic E-state index is -0.569. The molecule has 0 saturated heterocycles. The number of hydrogen-bond acceptors (Lipinski definition) is 6. The molecule has 0 aromatic carbocycles. The fourth-order valence-corrected chi connectivity index (χ4v) is 1.82. The van der Waals surface area contributed by atoms with Gasteiger partial charge in [0.25, 0.3) is 0 Å². The van der Waals surface area contributed by atoms with Gasteiger partial charge in [-0.15, -0.1) is 0 Å². The molecule has 0 atom stereocenters. The summed E-state index contributed by atoms with van der Waals surface area (Å²) in [6.07, 6.45) is 3.69. The van der Waals surface area contributed by atoms with E-state index in [-0.39, 0.29) is 16.7 Å². The fraction of sp³-hybridized carbons (Fsp3) is 0.556. The van der Waals surface area contributed by atoms with Crippen LogP contribution in [0, 0.1) is 10.1 Å². The number of hydrogen-bond donors (Lipinski definition) is 1. The fourth-order valence-electron chi connectivity index (χ4n) is 1.17. The average molecular weight is 277 g/mol. The molecule has 0 amide bonds. The van der Waals surface area contributed by atoms with E-state index in [2.05, 4.69) is 15.3 Å².